The third-order valence-electron chi connectivity index (χ3n) is 4.66. The fraction of sp³-hybridized carbons (Fsp3) is 0.333. The van der Waals surface area contributed by atoms with Gasteiger partial charge in [0.25, 0.3) is 5.91 Å². The summed E-state index contributed by atoms with van der Waals surface area (Å²) in [5.74, 6) is 0.105. The summed E-state index contributed by atoms with van der Waals surface area (Å²) in [6.45, 7) is 3.57. The Labute approximate surface area is 158 Å². The van der Waals surface area contributed by atoms with E-state index in [2.05, 4.69) is 0 Å². The zero-order chi connectivity index (χ0) is 19.6. The summed E-state index contributed by atoms with van der Waals surface area (Å²) >= 11 is 0. The number of hydrogen-bond donors (Lipinski definition) is 0. The zero-order valence-electron chi connectivity index (χ0n) is 15.9. The summed E-state index contributed by atoms with van der Waals surface area (Å²) in [5, 5.41) is 0. The van der Waals surface area contributed by atoms with Gasteiger partial charge in [-0.15, -0.1) is 0 Å². The van der Waals surface area contributed by atoms with Crippen LogP contribution in [0.3, 0.4) is 0 Å². The number of hydrogen-bond acceptors (Lipinski definition) is 5. The van der Waals surface area contributed by atoms with Crippen molar-refractivity contribution in [2.75, 3.05) is 19.1 Å². The molecule has 2 aromatic rings. The van der Waals surface area contributed by atoms with E-state index in [1.165, 1.54) is 14.2 Å². The van der Waals surface area contributed by atoms with E-state index in [1.54, 1.807) is 30.0 Å². The van der Waals surface area contributed by atoms with Crippen LogP contribution in [0.5, 0.6) is 11.5 Å². The molecule has 0 fully saturated rings. The molecular weight excluding hydrogens is 346 g/mol. The average molecular weight is 369 g/mol. The molecule has 27 heavy (non-hydrogen) atoms. The van der Waals surface area contributed by atoms with Gasteiger partial charge in [0.05, 0.1) is 19.8 Å². The monoisotopic (exact) mass is 369 g/mol. The van der Waals surface area contributed by atoms with Gasteiger partial charge in [0.1, 0.15) is 11.5 Å². The van der Waals surface area contributed by atoms with E-state index in [0.29, 0.717) is 11.5 Å². The van der Waals surface area contributed by atoms with Crippen LogP contribution >= 0.6 is 0 Å². The van der Waals surface area contributed by atoms with Crippen molar-refractivity contribution in [3.8, 4) is 11.5 Å². The predicted octanol–water partition coefficient (Wildman–Crippen LogP) is 3.23. The first-order chi connectivity index (χ1) is 12.9. The fourth-order valence-electron chi connectivity index (χ4n) is 3.30. The molecule has 0 bridgehead atoms. The standard InChI is InChI=1S/C21H23NO5/c1-13-9-15-7-5-6-8-19(15)22(13)20(23)14(2)27-21(24)16-10-17(25-3)12-18(11-16)26-4/h5-8,10-14H,9H2,1-4H3/t13-,14-/m1/s1. The van der Waals surface area contributed by atoms with Crippen molar-refractivity contribution in [1.29, 1.82) is 0 Å². The molecule has 1 aliphatic rings. The molecule has 3 rings (SSSR count). The van der Waals surface area contributed by atoms with Crippen molar-refractivity contribution in [2.24, 2.45) is 0 Å². The largest absolute Gasteiger partial charge is 0.497 e. The van der Waals surface area contributed by atoms with Crippen LogP contribution in [0.4, 0.5) is 5.69 Å². The van der Waals surface area contributed by atoms with Crippen LogP contribution in [0.25, 0.3) is 0 Å². The van der Waals surface area contributed by atoms with Crippen LogP contribution in [0.15, 0.2) is 42.5 Å². The zero-order valence-corrected chi connectivity index (χ0v) is 15.9. The quantitative estimate of drug-likeness (QED) is 0.757. The highest BCUT2D eigenvalue weighted by atomic mass is 16.5. The van der Waals surface area contributed by atoms with Gasteiger partial charge in [0, 0.05) is 17.8 Å². The van der Waals surface area contributed by atoms with E-state index in [0.717, 1.165) is 17.7 Å². The third-order valence-corrected chi connectivity index (χ3v) is 4.66. The van der Waals surface area contributed by atoms with Crippen molar-refractivity contribution in [2.45, 2.75) is 32.4 Å². The molecule has 0 spiro atoms. The first-order valence-electron chi connectivity index (χ1n) is 8.79. The van der Waals surface area contributed by atoms with Gasteiger partial charge >= 0.3 is 5.97 Å². The first-order valence-corrected chi connectivity index (χ1v) is 8.79. The minimum atomic E-state index is -0.914. The molecule has 1 amide bonds. The average Bonchev–Trinajstić information content (AvgIpc) is 3.02. The highest BCUT2D eigenvalue weighted by Crippen LogP contribution is 2.32. The summed E-state index contributed by atoms with van der Waals surface area (Å²) in [4.78, 5) is 27.2. The van der Waals surface area contributed by atoms with Crippen molar-refractivity contribution in [1.82, 2.24) is 0 Å². The van der Waals surface area contributed by atoms with Gasteiger partial charge in [0.2, 0.25) is 0 Å². The normalized spacial score (nSPS) is 16.4. The molecule has 1 heterocycles. The lowest BCUT2D eigenvalue weighted by Gasteiger charge is -2.26. The number of ether oxygens (including phenoxy) is 3. The van der Waals surface area contributed by atoms with Gasteiger partial charge < -0.3 is 19.1 Å². The van der Waals surface area contributed by atoms with Gasteiger partial charge in [-0.05, 0) is 44.0 Å². The fourth-order valence-corrected chi connectivity index (χ4v) is 3.30. The maximum Gasteiger partial charge on any atom is 0.339 e. The van der Waals surface area contributed by atoms with Crippen LogP contribution < -0.4 is 14.4 Å². The second kappa shape index (κ2) is 7.70. The van der Waals surface area contributed by atoms with Crippen molar-refractivity contribution in [3.05, 3.63) is 53.6 Å². The number of nitrogens with zero attached hydrogens (tertiary/aromatic N) is 1. The Hall–Kier alpha value is -3.02. The number of carbonyl (C=O) groups excluding carboxylic acids is 2. The van der Waals surface area contributed by atoms with Gasteiger partial charge in [-0.2, -0.15) is 0 Å². The van der Waals surface area contributed by atoms with Crippen molar-refractivity contribution >= 4 is 17.6 Å². The molecule has 142 valence electrons. The van der Waals surface area contributed by atoms with E-state index in [9.17, 15) is 9.59 Å². The number of rotatable bonds is 5. The minimum Gasteiger partial charge on any atom is -0.497 e. The number of amides is 1. The van der Waals surface area contributed by atoms with E-state index >= 15 is 0 Å². The lowest BCUT2D eigenvalue weighted by molar-refractivity contribution is -0.126. The number of carbonyl (C=O) groups is 2. The summed E-state index contributed by atoms with van der Waals surface area (Å²) in [7, 11) is 3.00. The predicted molar refractivity (Wildman–Crippen MR) is 102 cm³/mol. The Kier molecular flexibility index (Phi) is 5.35. The Morgan fingerprint density at radius 1 is 1.07 bits per heavy atom. The molecule has 0 aromatic heterocycles. The maximum atomic E-state index is 12.9. The molecule has 6 nitrogen and oxygen atoms in total. The molecule has 0 radical (unpaired) electrons. The smallest absolute Gasteiger partial charge is 0.339 e. The summed E-state index contributed by atoms with van der Waals surface area (Å²) in [6.07, 6.45) is -0.126. The molecular formula is C21H23NO5. The lowest BCUT2D eigenvalue weighted by Crippen LogP contribution is -2.43. The molecule has 6 heteroatoms. The molecule has 1 aliphatic heterocycles. The van der Waals surface area contributed by atoms with Gasteiger partial charge in [-0.25, -0.2) is 4.79 Å². The SMILES string of the molecule is COc1cc(OC)cc(C(=O)O[C@H](C)C(=O)N2c3ccccc3C[C@H]2C)c1. The molecule has 0 saturated carbocycles. The van der Waals surface area contributed by atoms with Crippen molar-refractivity contribution in [3.63, 3.8) is 0 Å². The summed E-state index contributed by atoms with van der Waals surface area (Å²) in [6, 6.07) is 12.6. The van der Waals surface area contributed by atoms with E-state index < -0.39 is 12.1 Å². The van der Waals surface area contributed by atoms with Gasteiger partial charge in [-0.1, -0.05) is 18.2 Å². The number of para-hydroxylation sites is 1. The van der Waals surface area contributed by atoms with Crippen LogP contribution in [0.1, 0.15) is 29.8 Å². The van der Waals surface area contributed by atoms with Gasteiger partial charge in [-0.3, -0.25) is 4.79 Å². The van der Waals surface area contributed by atoms with E-state index in [4.69, 9.17) is 14.2 Å². The number of fused-ring (bicyclic) bond motifs is 1. The topological polar surface area (TPSA) is 65.1 Å². The third kappa shape index (κ3) is 3.74. The minimum absolute atomic E-state index is 0.0213. The molecule has 0 unspecified atom stereocenters. The lowest BCUT2D eigenvalue weighted by atomic mass is 10.1. The molecule has 2 atom stereocenters. The Bertz CT molecular complexity index is 841. The number of esters is 1. The molecule has 2 aromatic carbocycles. The highest BCUT2D eigenvalue weighted by molar-refractivity contribution is 6.01. The Morgan fingerprint density at radius 3 is 2.33 bits per heavy atom. The second-order valence-electron chi connectivity index (χ2n) is 6.54. The van der Waals surface area contributed by atoms with E-state index in [1.807, 2.05) is 31.2 Å². The number of anilines is 1. The number of benzene rings is 2. The Morgan fingerprint density at radius 2 is 1.70 bits per heavy atom. The first kappa shape index (κ1) is 18.8. The van der Waals surface area contributed by atoms with E-state index in [-0.39, 0.29) is 17.5 Å². The van der Waals surface area contributed by atoms with Crippen LogP contribution in [0, 0.1) is 0 Å². The molecule has 0 saturated heterocycles. The summed E-state index contributed by atoms with van der Waals surface area (Å²) in [5.41, 5.74) is 2.26. The highest BCUT2D eigenvalue weighted by Gasteiger charge is 2.34. The maximum absolute atomic E-state index is 12.9. The molecule has 0 aliphatic carbocycles. The number of methoxy groups -OCH3 is 2. The van der Waals surface area contributed by atoms with Crippen LogP contribution in [-0.2, 0) is 16.0 Å². The van der Waals surface area contributed by atoms with Crippen LogP contribution in [0.2, 0.25) is 0 Å². The van der Waals surface area contributed by atoms with Crippen molar-refractivity contribution < 1.29 is 23.8 Å². The molecule has 0 N–H and O–H groups in total. The van der Waals surface area contributed by atoms with Gasteiger partial charge in [0.15, 0.2) is 6.10 Å². The Balaban J connectivity index is 1.76. The van der Waals surface area contributed by atoms with Crippen LogP contribution in [-0.4, -0.2) is 38.2 Å². The summed E-state index contributed by atoms with van der Waals surface area (Å²) < 4.78 is 15.8. The second-order valence-corrected chi connectivity index (χ2v) is 6.54.